The van der Waals surface area contributed by atoms with Gasteiger partial charge in [-0.15, -0.1) is 0 Å². The van der Waals surface area contributed by atoms with E-state index in [4.69, 9.17) is 5.11 Å². The van der Waals surface area contributed by atoms with Crippen LogP contribution in [0.4, 0.5) is 0 Å². The Hall–Kier alpha value is -1.62. The van der Waals surface area contributed by atoms with Crippen LogP contribution in [0.3, 0.4) is 0 Å². The Balaban J connectivity index is 2.43. The first-order valence-corrected chi connectivity index (χ1v) is 5.89. The topological polar surface area (TPSA) is 55.1 Å². The Morgan fingerprint density at radius 2 is 2.18 bits per heavy atom. The van der Waals surface area contributed by atoms with Gasteiger partial charge in [0.05, 0.1) is 17.8 Å². The predicted molar refractivity (Wildman–Crippen MR) is 67.3 cm³/mol. The molecule has 0 spiro atoms. The molecule has 1 aromatic heterocycles. The molecule has 0 fully saturated rings. The molecule has 1 N–H and O–H groups in total. The molecule has 0 atom stereocenters. The van der Waals surface area contributed by atoms with Crippen LogP contribution in [0.25, 0.3) is 5.69 Å². The van der Waals surface area contributed by atoms with Crippen LogP contribution in [0.2, 0.25) is 0 Å². The van der Waals surface area contributed by atoms with Crippen molar-refractivity contribution in [1.29, 1.82) is 0 Å². The van der Waals surface area contributed by atoms with E-state index in [9.17, 15) is 4.79 Å². The number of rotatable bonds is 3. The molecular formula is C12H11BrN2O2. The molecule has 0 radical (unpaired) electrons. The fourth-order valence-corrected chi connectivity index (χ4v) is 2.10. The number of aryl methyl sites for hydroxylation is 1. The van der Waals surface area contributed by atoms with Crippen molar-refractivity contribution in [2.45, 2.75) is 13.3 Å². The summed E-state index contributed by atoms with van der Waals surface area (Å²) in [5, 5.41) is 13.0. The number of carboxylic acid groups (broad SMARTS) is 1. The first-order valence-electron chi connectivity index (χ1n) is 5.10. The number of carboxylic acids is 1. The van der Waals surface area contributed by atoms with Gasteiger partial charge in [-0.3, -0.25) is 4.79 Å². The van der Waals surface area contributed by atoms with E-state index in [0.29, 0.717) is 5.69 Å². The van der Waals surface area contributed by atoms with Crippen molar-refractivity contribution in [2.24, 2.45) is 0 Å². The van der Waals surface area contributed by atoms with E-state index < -0.39 is 5.97 Å². The van der Waals surface area contributed by atoms with E-state index in [0.717, 1.165) is 15.9 Å². The number of aliphatic carboxylic acids is 1. The number of nitrogens with zero attached hydrogens (tertiary/aromatic N) is 2. The summed E-state index contributed by atoms with van der Waals surface area (Å²) >= 11 is 3.45. The zero-order chi connectivity index (χ0) is 12.4. The lowest BCUT2D eigenvalue weighted by Gasteiger charge is -2.05. The van der Waals surface area contributed by atoms with Gasteiger partial charge in [-0.1, -0.05) is 12.1 Å². The Bertz CT molecular complexity index is 563. The zero-order valence-electron chi connectivity index (χ0n) is 9.22. The molecule has 0 saturated carbocycles. The summed E-state index contributed by atoms with van der Waals surface area (Å²) in [4.78, 5) is 10.6. The minimum atomic E-state index is -0.873. The van der Waals surface area contributed by atoms with Gasteiger partial charge in [0.1, 0.15) is 0 Å². The normalized spacial score (nSPS) is 10.5. The third-order valence-electron chi connectivity index (χ3n) is 2.35. The summed E-state index contributed by atoms with van der Waals surface area (Å²) in [6.45, 7) is 1.90. The van der Waals surface area contributed by atoms with Gasteiger partial charge in [-0.25, -0.2) is 4.68 Å². The second-order valence-corrected chi connectivity index (χ2v) is 4.57. The van der Waals surface area contributed by atoms with Gasteiger partial charge in [0.15, 0.2) is 0 Å². The van der Waals surface area contributed by atoms with Crippen molar-refractivity contribution in [3.05, 3.63) is 46.2 Å². The lowest BCUT2D eigenvalue weighted by Crippen LogP contribution is -2.03. The fraction of sp³-hybridized carbons (Fsp3) is 0.167. The summed E-state index contributed by atoms with van der Waals surface area (Å²) in [7, 11) is 0. The average molecular weight is 295 g/mol. The number of halogens is 1. The maximum atomic E-state index is 10.6. The smallest absolute Gasteiger partial charge is 0.309 e. The molecule has 0 saturated heterocycles. The monoisotopic (exact) mass is 294 g/mol. The molecular weight excluding hydrogens is 284 g/mol. The number of aromatic nitrogens is 2. The molecule has 88 valence electrons. The molecule has 2 aromatic rings. The van der Waals surface area contributed by atoms with Gasteiger partial charge < -0.3 is 5.11 Å². The van der Waals surface area contributed by atoms with E-state index >= 15 is 0 Å². The molecule has 0 aliphatic rings. The SMILES string of the molecule is Cc1cc(CC(=O)O)nn1-c1ccccc1Br. The minimum Gasteiger partial charge on any atom is -0.481 e. The maximum absolute atomic E-state index is 10.6. The third-order valence-corrected chi connectivity index (χ3v) is 3.02. The highest BCUT2D eigenvalue weighted by molar-refractivity contribution is 9.10. The number of para-hydroxylation sites is 1. The molecule has 1 aromatic carbocycles. The number of hydrogen-bond acceptors (Lipinski definition) is 2. The predicted octanol–water partition coefficient (Wildman–Crippen LogP) is 2.57. The lowest BCUT2D eigenvalue weighted by atomic mass is 10.3. The van der Waals surface area contributed by atoms with Crippen LogP contribution >= 0.6 is 15.9 Å². The molecule has 17 heavy (non-hydrogen) atoms. The molecule has 0 amide bonds. The summed E-state index contributed by atoms with van der Waals surface area (Å²) in [6, 6.07) is 9.47. The summed E-state index contributed by atoms with van der Waals surface area (Å²) < 4.78 is 2.66. The fourth-order valence-electron chi connectivity index (χ4n) is 1.65. The second kappa shape index (κ2) is 4.71. The zero-order valence-corrected chi connectivity index (χ0v) is 10.8. The molecule has 0 unspecified atom stereocenters. The Morgan fingerprint density at radius 3 is 2.82 bits per heavy atom. The second-order valence-electron chi connectivity index (χ2n) is 3.71. The van der Waals surface area contributed by atoms with E-state index in [1.165, 1.54) is 0 Å². The number of benzene rings is 1. The largest absolute Gasteiger partial charge is 0.481 e. The van der Waals surface area contributed by atoms with Crippen molar-refractivity contribution in [3.8, 4) is 5.69 Å². The van der Waals surface area contributed by atoms with Gasteiger partial charge in [0, 0.05) is 10.2 Å². The Labute approximate surface area is 107 Å². The first kappa shape index (κ1) is 11.9. The van der Waals surface area contributed by atoms with Gasteiger partial charge in [0.2, 0.25) is 0 Å². The summed E-state index contributed by atoms with van der Waals surface area (Å²) in [6.07, 6.45) is -0.0572. The van der Waals surface area contributed by atoms with Crippen LogP contribution in [0.5, 0.6) is 0 Å². The van der Waals surface area contributed by atoms with Gasteiger partial charge in [-0.05, 0) is 41.1 Å². The first-order chi connectivity index (χ1) is 8.08. The van der Waals surface area contributed by atoms with Gasteiger partial charge in [-0.2, -0.15) is 5.10 Å². The van der Waals surface area contributed by atoms with Crippen LogP contribution in [-0.2, 0) is 11.2 Å². The molecule has 5 heteroatoms. The molecule has 4 nitrogen and oxygen atoms in total. The highest BCUT2D eigenvalue weighted by atomic mass is 79.9. The quantitative estimate of drug-likeness (QED) is 0.947. The number of hydrogen-bond donors (Lipinski definition) is 1. The standard InChI is InChI=1S/C12H11BrN2O2/c1-8-6-9(7-12(16)17)14-15(8)11-5-3-2-4-10(11)13/h2-6H,7H2,1H3,(H,16,17). The van der Waals surface area contributed by atoms with Gasteiger partial charge in [0.25, 0.3) is 0 Å². The third kappa shape index (κ3) is 2.55. The van der Waals surface area contributed by atoms with Crippen LogP contribution in [-0.4, -0.2) is 20.9 Å². The maximum Gasteiger partial charge on any atom is 0.309 e. The Morgan fingerprint density at radius 1 is 1.47 bits per heavy atom. The van der Waals surface area contributed by atoms with Crippen LogP contribution in [0.1, 0.15) is 11.4 Å². The highest BCUT2D eigenvalue weighted by Crippen LogP contribution is 2.21. The highest BCUT2D eigenvalue weighted by Gasteiger charge is 2.10. The van der Waals surface area contributed by atoms with E-state index in [-0.39, 0.29) is 6.42 Å². The molecule has 2 rings (SSSR count). The minimum absolute atomic E-state index is 0.0572. The molecule has 1 heterocycles. The average Bonchev–Trinajstić information content (AvgIpc) is 2.59. The summed E-state index contributed by atoms with van der Waals surface area (Å²) in [5.74, 6) is -0.873. The molecule has 0 aliphatic heterocycles. The molecule has 0 aliphatic carbocycles. The lowest BCUT2D eigenvalue weighted by molar-refractivity contribution is -0.136. The van der Waals surface area contributed by atoms with Crippen molar-refractivity contribution in [1.82, 2.24) is 9.78 Å². The summed E-state index contributed by atoms with van der Waals surface area (Å²) in [5.41, 5.74) is 2.38. The van der Waals surface area contributed by atoms with Crippen molar-refractivity contribution in [3.63, 3.8) is 0 Å². The van der Waals surface area contributed by atoms with E-state index in [1.807, 2.05) is 31.2 Å². The van der Waals surface area contributed by atoms with E-state index in [1.54, 1.807) is 10.7 Å². The van der Waals surface area contributed by atoms with E-state index in [2.05, 4.69) is 21.0 Å². The van der Waals surface area contributed by atoms with Crippen LogP contribution in [0, 0.1) is 6.92 Å². The van der Waals surface area contributed by atoms with Gasteiger partial charge >= 0.3 is 5.97 Å². The van der Waals surface area contributed by atoms with Crippen molar-refractivity contribution >= 4 is 21.9 Å². The number of carbonyl (C=O) groups is 1. The van der Waals surface area contributed by atoms with Crippen LogP contribution < -0.4 is 0 Å². The van der Waals surface area contributed by atoms with Crippen LogP contribution in [0.15, 0.2) is 34.8 Å². The van der Waals surface area contributed by atoms with Crippen molar-refractivity contribution < 1.29 is 9.90 Å². The molecule has 0 bridgehead atoms. The Kier molecular flexibility index (Phi) is 3.28. The van der Waals surface area contributed by atoms with Crippen molar-refractivity contribution in [2.75, 3.05) is 0 Å².